The van der Waals surface area contributed by atoms with Gasteiger partial charge in [0.15, 0.2) is 6.04 Å². The first kappa shape index (κ1) is 15.7. The number of halogens is 1. The van der Waals surface area contributed by atoms with Crippen molar-refractivity contribution in [3.8, 4) is 5.75 Å². The van der Waals surface area contributed by atoms with Crippen molar-refractivity contribution in [3.63, 3.8) is 0 Å². The van der Waals surface area contributed by atoms with Crippen molar-refractivity contribution in [1.29, 1.82) is 0 Å². The predicted octanol–water partition coefficient (Wildman–Crippen LogP) is 2.99. The molecular formula is C15H13ClN2O4. The summed E-state index contributed by atoms with van der Waals surface area (Å²) in [6.07, 6.45) is 0. The fourth-order valence-corrected chi connectivity index (χ4v) is 2.01. The van der Waals surface area contributed by atoms with Crippen LogP contribution in [0.2, 0.25) is 5.02 Å². The summed E-state index contributed by atoms with van der Waals surface area (Å²) in [4.78, 5) is 23.2. The Balaban J connectivity index is 2.09. The number of amides is 2. The zero-order valence-electron chi connectivity index (χ0n) is 11.3. The summed E-state index contributed by atoms with van der Waals surface area (Å²) in [5, 5.41) is 23.7. The normalized spacial score (nSPS) is 11.5. The summed E-state index contributed by atoms with van der Waals surface area (Å²) < 4.78 is 0. The summed E-state index contributed by atoms with van der Waals surface area (Å²) >= 11 is 5.81. The van der Waals surface area contributed by atoms with Crippen LogP contribution in [0.15, 0.2) is 48.5 Å². The number of benzene rings is 2. The Hall–Kier alpha value is -2.73. The zero-order valence-corrected chi connectivity index (χ0v) is 12.0. The molecule has 2 aromatic rings. The molecule has 0 aromatic heterocycles. The van der Waals surface area contributed by atoms with Crippen LogP contribution in [0.5, 0.6) is 5.75 Å². The Morgan fingerprint density at radius 1 is 1.09 bits per heavy atom. The molecule has 4 N–H and O–H groups in total. The van der Waals surface area contributed by atoms with E-state index in [4.69, 9.17) is 11.6 Å². The highest BCUT2D eigenvalue weighted by atomic mass is 35.5. The largest absolute Gasteiger partial charge is 0.508 e. The third kappa shape index (κ3) is 4.13. The number of rotatable bonds is 4. The number of phenols is 1. The Bertz CT molecular complexity index is 688. The maximum absolute atomic E-state index is 11.9. The monoisotopic (exact) mass is 320 g/mol. The first-order valence-corrected chi connectivity index (χ1v) is 6.68. The molecule has 0 aliphatic rings. The number of nitrogens with one attached hydrogen (secondary N) is 2. The van der Waals surface area contributed by atoms with Crippen LogP contribution in [0.3, 0.4) is 0 Å². The lowest BCUT2D eigenvalue weighted by molar-refractivity contribution is -0.139. The molecule has 114 valence electrons. The molecule has 0 spiro atoms. The number of aromatic hydroxyl groups is 1. The number of carboxylic acid groups (broad SMARTS) is 1. The molecule has 0 bridgehead atoms. The van der Waals surface area contributed by atoms with Crippen molar-refractivity contribution in [3.05, 3.63) is 59.1 Å². The van der Waals surface area contributed by atoms with Crippen molar-refractivity contribution in [2.24, 2.45) is 0 Å². The number of urea groups is 1. The van der Waals surface area contributed by atoms with Gasteiger partial charge in [-0.05, 0) is 35.9 Å². The average Bonchev–Trinajstić information content (AvgIpc) is 2.45. The second-order valence-corrected chi connectivity index (χ2v) is 4.91. The molecule has 22 heavy (non-hydrogen) atoms. The summed E-state index contributed by atoms with van der Waals surface area (Å²) in [5.41, 5.74) is 0.784. The average molecular weight is 321 g/mol. The molecule has 7 heteroatoms. The zero-order chi connectivity index (χ0) is 16.1. The van der Waals surface area contributed by atoms with Gasteiger partial charge < -0.3 is 20.8 Å². The molecule has 2 rings (SSSR count). The SMILES string of the molecule is O=C(Nc1cccc(Cl)c1)NC(C(=O)O)c1ccc(O)cc1. The highest BCUT2D eigenvalue weighted by Gasteiger charge is 2.22. The van der Waals surface area contributed by atoms with Gasteiger partial charge in [0.25, 0.3) is 0 Å². The summed E-state index contributed by atoms with van der Waals surface area (Å²) in [6, 6.07) is 10.1. The van der Waals surface area contributed by atoms with Crippen LogP contribution in [-0.2, 0) is 4.79 Å². The van der Waals surface area contributed by atoms with Gasteiger partial charge in [-0.25, -0.2) is 9.59 Å². The fraction of sp³-hybridized carbons (Fsp3) is 0.0667. The van der Waals surface area contributed by atoms with E-state index in [0.717, 1.165) is 0 Å². The van der Waals surface area contributed by atoms with Gasteiger partial charge in [0.2, 0.25) is 0 Å². The van der Waals surface area contributed by atoms with Crippen LogP contribution >= 0.6 is 11.6 Å². The van der Waals surface area contributed by atoms with Crippen LogP contribution in [0.4, 0.5) is 10.5 Å². The molecule has 0 aliphatic heterocycles. The molecule has 2 amide bonds. The van der Waals surface area contributed by atoms with E-state index >= 15 is 0 Å². The van der Waals surface area contributed by atoms with E-state index in [1.807, 2.05) is 0 Å². The van der Waals surface area contributed by atoms with Crippen LogP contribution < -0.4 is 10.6 Å². The van der Waals surface area contributed by atoms with Crippen molar-refractivity contribution >= 4 is 29.3 Å². The van der Waals surface area contributed by atoms with Crippen molar-refractivity contribution in [1.82, 2.24) is 5.32 Å². The van der Waals surface area contributed by atoms with Gasteiger partial charge in [-0.1, -0.05) is 29.8 Å². The highest BCUT2D eigenvalue weighted by molar-refractivity contribution is 6.30. The molecule has 0 saturated heterocycles. The third-order valence-corrected chi connectivity index (χ3v) is 3.07. The van der Waals surface area contributed by atoms with Gasteiger partial charge in [-0.3, -0.25) is 0 Å². The van der Waals surface area contributed by atoms with Gasteiger partial charge in [-0.2, -0.15) is 0 Å². The second kappa shape index (κ2) is 6.82. The second-order valence-electron chi connectivity index (χ2n) is 4.47. The molecule has 0 fully saturated rings. The highest BCUT2D eigenvalue weighted by Crippen LogP contribution is 2.18. The summed E-state index contributed by atoms with van der Waals surface area (Å²) in [7, 11) is 0. The first-order chi connectivity index (χ1) is 10.5. The van der Waals surface area contributed by atoms with Crippen molar-refractivity contribution in [2.45, 2.75) is 6.04 Å². The third-order valence-electron chi connectivity index (χ3n) is 2.83. The van der Waals surface area contributed by atoms with Gasteiger partial charge in [0.05, 0.1) is 0 Å². The number of phenolic OH excluding ortho intramolecular Hbond substituents is 1. The van der Waals surface area contributed by atoms with Gasteiger partial charge in [-0.15, -0.1) is 0 Å². The number of carbonyl (C=O) groups is 2. The van der Waals surface area contributed by atoms with Crippen LogP contribution in [0.25, 0.3) is 0 Å². The summed E-state index contributed by atoms with van der Waals surface area (Å²) in [6.45, 7) is 0. The quantitative estimate of drug-likeness (QED) is 0.696. The Morgan fingerprint density at radius 2 is 1.77 bits per heavy atom. The van der Waals surface area contributed by atoms with E-state index in [-0.39, 0.29) is 5.75 Å². The van der Waals surface area contributed by atoms with Gasteiger partial charge >= 0.3 is 12.0 Å². The number of hydrogen-bond donors (Lipinski definition) is 4. The van der Waals surface area contributed by atoms with Crippen molar-refractivity contribution in [2.75, 3.05) is 5.32 Å². The minimum Gasteiger partial charge on any atom is -0.508 e. The molecule has 1 atom stereocenters. The molecule has 0 saturated carbocycles. The minimum atomic E-state index is -1.24. The molecule has 0 aliphatic carbocycles. The maximum Gasteiger partial charge on any atom is 0.330 e. The molecule has 0 heterocycles. The van der Waals surface area contributed by atoms with Crippen LogP contribution in [0.1, 0.15) is 11.6 Å². The van der Waals surface area contributed by atoms with E-state index in [2.05, 4.69) is 10.6 Å². The van der Waals surface area contributed by atoms with E-state index in [1.54, 1.807) is 18.2 Å². The lowest BCUT2D eigenvalue weighted by Gasteiger charge is -2.15. The minimum absolute atomic E-state index is 0.0104. The fourth-order valence-electron chi connectivity index (χ4n) is 1.82. The number of carbonyl (C=O) groups excluding carboxylic acids is 1. The van der Waals surface area contributed by atoms with Gasteiger partial charge in [0, 0.05) is 10.7 Å². The Morgan fingerprint density at radius 3 is 2.36 bits per heavy atom. The van der Waals surface area contributed by atoms with E-state index in [9.17, 15) is 19.8 Å². The van der Waals surface area contributed by atoms with E-state index < -0.39 is 18.0 Å². The Labute approximate surface area is 131 Å². The smallest absolute Gasteiger partial charge is 0.330 e. The topological polar surface area (TPSA) is 98.7 Å². The number of carboxylic acids is 1. The Kier molecular flexibility index (Phi) is 4.85. The van der Waals surface area contributed by atoms with Crippen molar-refractivity contribution < 1.29 is 19.8 Å². The maximum atomic E-state index is 11.9. The number of anilines is 1. The van der Waals surface area contributed by atoms with E-state index in [1.165, 1.54) is 30.3 Å². The standard InChI is InChI=1S/C15H13ClN2O4/c16-10-2-1-3-11(8-10)17-15(22)18-13(14(20)21)9-4-6-12(19)7-5-9/h1-8,13,19H,(H,20,21)(H2,17,18,22). The molecule has 1 unspecified atom stereocenters. The van der Waals surface area contributed by atoms with Crippen LogP contribution in [0, 0.1) is 0 Å². The molecule has 0 radical (unpaired) electrons. The lowest BCUT2D eigenvalue weighted by Crippen LogP contribution is -2.36. The van der Waals surface area contributed by atoms with Crippen LogP contribution in [-0.4, -0.2) is 22.2 Å². The lowest BCUT2D eigenvalue weighted by atomic mass is 10.1. The first-order valence-electron chi connectivity index (χ1n) is 6.30. The summed E-state index contributed by atoms with van der Waals surface area (Å²) in [5.74, 6) is -1.21. The predicted molar refractivity (Wildman–Crippen MR) is 82.1 cm³/mol. The molecular weight excluding hydrogens is 308 g/mol. The number of aliphatic carboxylic acids is 1. The van der Waals surface area contributed by atoms with Gasteiger partial charge in [0.1, 0.15) is 5.75 Å². The molecule has 6 nitrogen and oxygen atoms in total. The van der Waals surface area contributed by atoms with E-state index in [0.29, 0.717) is 16.3 Å². The number of hydrogen-bond acceptors (Lipinski definition) is 3. The molecule has 2 aromatic carbocycles.